The first-order chi connectivity index (χ1) is 8.25. The molecule has 0 aliphatic heterocycles. The van der Waals surface area contributed by atoms with Crippen LogP contribution in [-0.2, 0) is 10.0 Å². The van der Waals surface area contributed by atoms with Crippen LogP contribution in [0, 0.1) is 5.92 Å². The second kappa shape index (κ2) is 5.49. The maximum Gasteiger partial charge on any atom is 0.335 e. The van der Waals surface area contributed by atoms with Crippen molar-refractivity contribution >= 4 is 16.0 Å². The van der Waals surface area contributed by atoms with E-state index >= 15 is 0 Å². The molecule has 0 saturated carbocycles. The van der Waals surface area contributed by atoms with E-state index in [-0.39, 0.29) is 16.4 Å². The monoisotopic (exact) mass is 271 g/mol. The maximum atomic E-state index is 12.1. The number of carboxylic acids is 1. The largest absolute Gasteiger partial charge is 0.478 e. The van der Waals surface area contributed by atoms with Gasteiger partial charge in [0.1, 0.15) is 0 Å². The predicted molar refractivity (Wildman–Crippen MR) is 68.1 cm³/mol. The summed E-state index contributed by atoms with van der Waals surface area (Å²) in [6.45, 7) is 4.28. The van der Waals surface area contributed by atoms with E-state index in [1.165, 1.54) is 35.6 Å². The lowest BCUT2D eigenvalue weighted by Crippen LogP contribution is -2.30. The molecule has 0 saturated heterocycles. The molecule has 0 spiro atoms. The van der Waals surface area contributed by atoms with Crippen LogP contribution in [0.3, 0.4) is 0 Å². The normalized spacial score (nSPS) is 12.1. The second-order valence-electron chi connectivity index (χ2n) is 4.51. The minimum Gasteiger partial charge on any atom is -0.478 e. The third-order valence-electron chi connectivity index (χ3n) is 2.43. The first-order valence-electron chi connectivity index (χ1n) is 5.55. The predicted octanol–water partition coefficient (Wildman–Crippen LogP) is 1.66. The summed E-state index contributed by atoms with van der Waals surface area (Å²) in [7, 11) is -2.02. The van der Waals surface area contributed by atoms with E-state index < -0.39 is 16.0 Å². The SMILES string of the molecule is CC(C)CN(C)S(=O)(=O)c1ccc(C(=O)O)cc1. The van der Waals surface area contributed by atoms with Gasteiger partial charge in [-0.3, -0.25) is 0 Å². The molecular formula is C12H17NO4S. The molecule has 18 heavy (non-hydrogen) atoms. The van der Waals surface area contributed by atoms with Crippen LogP contribution in [0.5, 0.6) is 0 Å². The standard InChI is InChI=1S/C12H17NO4S/c1-9(2)8-13(3)18(16,17)11-6-4-10(5-7-11)12(14)15/h4-7,9H,8H2,1-3H3,(H,14,15). The quantitative estimate of drug-likeness (QED) is 0.883. The van der Waals surface area contributed by atoms with Crippen LogP contribution in [0.15, 0.2) is 29.2 Å². The fraction of sp³-hybridized carbons (Fsp3) is 0.417. The number of sulfonamides is 1. The van der Waals surface area contributed by atoms with Crippen molar-refractivity contribution in [3.8, 4) is 0 Å². The molecule has 1 aromatic rings. The Kier molecular flexibility index (Phi) is 4.48. The first-order valence-corrected chi connectivity index (χ1v) is 6.99. The summed E-state index contributed by atoms with van der Waals surface area (Å²) in [5.74, 6) is -0.849. The molecule has 0 unspecified atom stereocenters. The maximum absolute atomic E-state index is 12.1. The van der Waals surface area contributed by atoms with Gasteiger partial charge in [-0.05, 0) is 30.2 Å². The summed E-state index contributed by atoms with van der Waals surface area (Å²) in [6, 6.07) is 5.21. The zero-order valence-electron chi connectivity index (χ0n) is 10.6. The van der Waals surface area contributed by atoms with Gasteiger partial charge < -0.3 is 5.11 Å². The Bertz CT molecular complexity index is 520. The molecule has 0 fully saturated rings. The first kappa shape index (κ1) is 14.7. The molecule has 0 aliphatic rings. The summed E-state index contributed by atoms with van der Waals surface area (Å²) >= 11 is 0. The lowest BCUT2D eigenvalue weighted by Gasteiger charge is -2.19. The van der Waals surface area contributed by atoms with Gasteiger partial charge in [0.05, 0.1) is 10.5 Å². The van der Waals surface area contributed by atoms with Gasteiger partial charge in [0.25, 0.3) is 0 Å². The Labute approximate surface area is 107 Å². The number of rotatable bonds is 5. The molecule has 1 aromatic carbocycles. The minimum absolute atomic E-state index is 0.0699. The summed E-state index contributed by atoms with van der Waals surface area (Å²) in [4.78, 5) is 10.8. The zero-order valence-corrected chi connectivity index (χ0v) is 11.4. The molecule has 1 N–H and O–H groups in total. The Hall–Kier alpha value is -1.40. The van der Waals surface area contributed by atoms with Crippen LogP contribution in [0.2, 0.25) is 0 Å². The third kappa shape index (κ3) is 3.30. The van der Waals surface area contributed by atoms with Gasteiger partial charge in [-0.15, -0.1) is 0 Å². The second-order valence-corrected chi connectivity index (χ2v) is 6.55. The van der Waals surface area contributed by atoms with Gasteiger partial charge in [0.15, 0.2) is 0 Å². The lowest BCUT2D eigenvalue weighted by molar-refractivity contribution is 0.0696. The number of aromatic carboxylic acids is 1. The van der Waals surface area contributed by atoms with Gasteiger partial charge in [-0.2, -0.15) is 0 Å². The molecule has 1 rings (SSSR count). The van der Waals surface area contributed by atoms with Crippen LogP contribution in [-0.4, -0.2) is 37.4 Å². The fourth-order valence-corrected chi connectivity index (χ4v) is 2.90. The van der Waals surface area contributed by atoms with Crippen molar-refractivity contribution in [2.45, 2.75) is 18.7 Å². The van der Waals surface area contributed by atoms with Crippen molar-refractivity contribution in [2.24, 2.45) is 5.92 Å². The number of carboxylic acid groups (broad SMARTS) is 1. The van der Waals surface area contributed by atoms with Crippen molar-refractivity contribution in [1.82, 2.24) is 4.31 Å². The minimum atomic E-state index is -3.54. The highest BCUT2D eigenvalue weighted by molar-refractivity contribution is 7.89. The Morgan fingerprint density at radius 1 is 1.28 bits per heavy atom. The molecule has 0 aromatic heterocycles. The number of benzene rings is 1. The van der Waals surface area contributed by atoms with E-state index in [0.717, 1.165) is 0 Å². The Morgan fingerprint density at radius 3 is 2.17 bits per heavy atom. The zero-order chi connectivity index (χ0) is 13.9. The van der Waals surface area contributed by atoms with E-state index in [2.05, 4.69) is 0 Å². The summed E-state index contributed by atoms with van der Waals surface area (Å²) in [6.07, 6.45) is 0. The summed E-state index contributed by atoms with van der Waals surface area (Å²) in [5.41, 5.74) is 0.0699. The smallest absolute Gasteiger partial charge is 0.335 e. The van der Waals surface area contributed by atoms with Gasteiger partial charge >= 0.3 is 5.97 Å². The molecule has 0 amide bonds. The van der Waals surface area contributed by atoms with Crippen molar-refractivity contribution in [1.29, 1.82) is 0 Å². The highest BCUT2D eigenvalue weighted by Crippen LogP contribution is 2.16. The number of carbonyl (C=O) groups is 1. The molecule has 0 radical (unpaired) electrons. The van der Waals surface area contributed by atoms with E-state index in [4.69, 9.17) is 5.11 Å². The van der Waals surface area contributed by atoms with Crippen LogP contribution >= 0.6 is 0 Å². The van der Waals surface area contributed by atoms with Crippen molar-refractivity contribution < 1.29 is 18.3 Å². The molecule has 5 nitrogen and oxygen atoms in total. The van der Waals surface area contributed by atoms with Gasteiger partial charge in [0, 0.05) is 13.6 Å². The van der Waals surface area contributed by atoms with Crippen LogP contribution in [0.25, 0.3) is 0 Å². The van der Waals surface area contributed by atoms with Crippen LogP contribution in [0.4, 0.5) is 0 Å². The van der Waals surface area contributed by atoms with Gasteiger partial charge in [-0.25, -0.2) is 17.5 Å². The Balaban J connectivity index is 3.02. The highest BCUT2D eigenvalue weighted by atomic mass is 32.2. The topological polar surface area (TPSA) is 74.7 Å². The molecule has 0 bridgehead atoms. The number of hydrogen-bond acceptors (Lipinski definition) is 3. The van der Waals surface area contributed by atoms with Crippen LogP contribution < -0.4 is 0 Å². The summed E-state index contributed by atoms with van der Waals surface area (Å²) < 4.78 is 25.5. The summed E-state index contributed by atoms with van der Waals surface area (Å²) in [5, 5.41) is 8.75. The van der Waals surface area contributed by atoms with Crippen molar-refractivity contribution in [3.05, 3.63) is 29.8 Å². The van der Waals surface area contributed by atoms with E-state index in [1.54, 1.807) is 0 Å². The number of hydrogen-bond donors (Lipinski definition) is 1. The average molecular weight is 271 g/mol. The van der Waals surface area contributed by atoms with Gasteiger partial charge in [-0.1, -0.05) is 13.8 Å². The fourth-order valence-electron chi connectivity index (χ4n) is 1.56. The van der Waals surface area contributed by atoms with Crippen molar-refractivity contribution in [2.75, 3.05) is 13.6 Å². The van der Waals surface area contributed by atoms with E-state index in [9.17, 15) is 13.2 Å². The van der Waals surface area contributed by atoms with E-state index in [1.807, 2.05) is 13.8 Å². The van der Waals surface area contributed by atoms with Crippen LogP contribution in [0.1, 0.15) is 24.2 Å². The third-order valence-corrected chi connectivity index (χ3v) is 4.27. The molecule has 0 heterocycles. The van der Waals surface area contributed by atoms with Gasteiger partial charge in [0.2, 0.25) is 10.0 Å². The molecule has 0 aliphatic carbocycles. The average Bonchev–Trinajstić information content (AvgIpc) is 2.28. The lowest BCUT2D eigenvalue weighted by atomic mass is 10.2. The highest BCUT2D eigenvalue weighted by Gasteiger charge is 2.21. The molecular weight excluding hydrogens is 254 g/mol. The number of nitrogens with zero attached hydrogens (tertiary/aromatic N) is 1. The molecule has 6 heteroatoms. The van der Waals surface area contributed by atoms with Crippen molar-refractivity contribution in [3.63, 3.8) is 0 Å². The molecule has 100 valence electrons. The van der Waals surface area contributed by atoms with E-state index in [0.29, 0.717) is 6.54 Å². The Morgan fingerprint density at radius 2 is 1.78 bits per heavy atom. The molecule has 0 atom stereocenters.